The van der Waals surface area contributed by atoms with Crippen LogP contribution in [0.4, 0.5) is 5.69 Å². The number of hydrogen-bond donors (Lipinski definition) is 3. The lowest BCUT2D eigenvalue weighted by atomic mass is 9.70. The third kappa shape index (κ3) is 3.01. The summed E-state index contributed by atoms with van der Waals surface area (Å²) in [5, 5.41) is 17.0. The molecule has 0 aromatic heterocycles. The van der Waals surface area contributed by atoms with E-state index in [1.165, 1.54) is 4.90 Å². The smallest absolute Gasteiger partial charge is 0.250 e. The van der Waals surface area contributed by atoms with E-state index < -0.39 is 23.5 Å². The van der Waals surface area contributed by atoms with Gasteiger partial charge in [0.25, 0.3) is 0 Å². The number of likely N-dealkylation sites (tertiary alicyclic amines) is 1. The summed E-state index contributed by atoms with van der Waals surface area (Å²) >= 11 is 0. The van der Waals surface area contributed by atoms with Gasteiger partial charge < -0.3 is 25.4 Å². The van der Waals surface area contributed by atoms with Crippen LogP contribution in [0.2, 0.25) is 0 Å². The van der Waals surface area contributed by atoms with Crippen LogP contribution >= 0.6 is 0 Å². The highest BCUT2D eigenvalue weighted by Crippen LogP contribution is 2.58. The average molecular weight is 437 g/mol. The molecule has 3 amide bonds. The minimum atomic E-state index is -1.02. The van der Waals surface area contributed by atoms with Crippen molar-refractivity contribution in [1.29, 1.82) is 0 Å². The summed E-state index contributed by atoms with van der Waals surface area (Å²) in [6.07, 6.45) is 1.17. The standard InChI is InChI=1S/C24H27N3O5/c1-25-21(29)18-17-9-10-24(32-17)19(18)23(31)27(11-4-12-28)20(24)22(30)26-16-8-7-14-5-2-3-6-15(14)13-16/h2-3,5-8,13,17-20,28H,4,9-12H2,1H3,(H,25,29)(H,26,30)/t17-,18+,19+,20?,24?/m1/s1. The van der Waals surface area contributed by atoms with Crippen LogP contribution < -0.4 is 10.6 Å². The van der Waals surface area contributed by atoms with Crippen molar-refractivity contribution in [1.82, 2.24) is 10.2 Å². The van der Waals surface area contributed by atoms with Gasteiger partial charge in [-0.1, -0.05) is 30.3 Å². The summed E-state index contributed by atoms with van der Waals surface area (Å²) in [6.45, 7) is 0.140. The molecule has 2 bridgehead atoms. The Hall–Kier alpha value is -2.97. The molecule has 8 heteroatoms. The van der Waals surface area contributed by atoms with Crippen LogP contribution in [0.25, 0.3) is 10.8 Å². The average Bonchev–Trinajstić information content (AvgIpc) is 3.44. The highest BCUT2D eigenvalue weighted by Gasteiger charge is 2.74. The number of aliphatic hydroxyl groups is 1. The van der Waals surface area contributed by atoms with Gasteiger partial charge in [-0.15, -0.1) is 0 Å². The number of nitrogens with zero attached hydrogens (tertiary/aromatic N) is 1. The first-order valence-electron chi connectivity index (χ1n) is 11.1. The van der Waals surface area contributed by atoms with Crippen molar-refractivity contribution in [3.05, 3.63) is 42.5 Å². The molecular formula is C24H27N3O5. The second-order valence-corrected chi connectivity index (χ2v) is 8.83. The molecule has 3 aliphatic heterocycles. The molecule has 5 atom stereocenters. The summed E-state index contributed by atoms with van der Waals surface area (Å²) in [7, 11) is 1.55. The number of ether oxygens (including phenoxy) is 1. The van der Waals surface area contributed by atoms with E-state index in [1.807, 2.05) is 42.5 Å². The summed E-state index contributed by atoms with van der Waals surface area (Å²) in [4.78, 5) is 41.2. The van der Waals surface area contributed by atoms with Gasteiger partial charge in [-0.25, -0.2) is 0 Å². The molecule has 1 spiro atoms. The largest absolute Gasteiger partial charge is 0.396 e. The van der Waals surface area contributed by atoms with Gasteiger partial charge in [0.1, 0.15) is 11.6 Å². The van der Waals surface area contributed by atoms with Gasteiger partial charge in [0.2, 0.25) is 17.7 Å². The van der Waals surface area contributed by atoms with Gasteiger partial charge in [0.15, 0.2) is 0 Å². The molecule has 3 fully saturated rings. The highest BCUT2D eigenvalue weighted by molar-refractivity contribution is 6.04. The number of carbonyl (C=O) groups is 3. The molecule has 32 heavy (non-hydrogen) atoms. The Kier molecular flexibility index (Phi) is 5.14. The first kappa shape index (κ1) is 20.9. The monoisotopic (exact) mass is 437 g/mol. The Morgan fingerprint density at radius 3 is 2.72 bits per heavy atom. The van der Waals surface area contributed by atoms with E-state index in [9.17, 15) is 19.5 Å². The maximum absolute atomic E-state index is 13.6. The Labute approximate surface area is 185 Å². The van der Waals surface area contributed by atoms with Crippen LogP contribution in [-0.4, -0.2) is 65.7 Å². The van der Waals surface area contributed by atoms with Gasteiger partial charge >= 0.3 is 0 Å². The molecule has 0 saturated carbocycles. The summed E-state index contributed by atoms with van der Waals surface area (Å²) in [5.74, 6) is -2.09. The van der Waals surface area contributed by atoms with E-state index in [-0.39, 0.29) is 37.0 Å². The SMILES string of the molecule is CNC(=O)[C@@H]1[C@H]2C(=O)N(CCCO)C(C(=O)Nc3ccc4ccccc4c3)C23CC[C@H]1O3. The van der Waals surface area contributed by atoms with Crippen LogP contribution in [0.1, 0.15) is 19.3 Å². The fourth-order valence-corrected chi connectivity index (χ4v) is 5.88. The molecule has 3 aliphatic rings. The second kappa shape index (κ2) is 7.86. The van der Waals surface area contributed by atoms with E-state index in [2.05, 4.69) is 10.6 Å². The van der Waals surface area contributed by atoms with Gasteiger partial charge in [0, 0.05) is 25.9 Å². The third-order valence-electron chi connectivity index (χ3n) is 7.17. The number of fused-ring (bicyclic) bond motifs is 2. The van der Waals surface area contributed by atoms with Gasteiger partial charge in [-0.2, -0.15) is 0 Å². The maximum atomic E-state index is 13.6. The quantitative estimate of drug-likeness (QED) is 0.631. The first-order valence-corrected chi connectivity index (χ1v) is 11.1. The van der Waals surface area contributed by atoms with Crippen LogP contribution in [0.15, 0.2) is 42.5 Å². The summed E-state index contributed by atoms with van der Waals surface area (Å²) in [6, 6.07) is 12.7. The maximum Gasteiger partial charge on any atom is 0.250 e. The molecule has 3 saturated heterocycles. The van der Waals surface area contributed by atoms with Crippen molar-refractivity contribution in [2.24, 2.45) is 11.8 Å². The van der Waals surface area contributed by atoms with Gasteiger partial charge in [0.05, 0.1) is 17.9 Å². The first-order chi connectivity index (χ1) is 15.5. The van der Waals surface area contributed by atoms with Crippen molar-refractivity contribution in [2.75, 3.05) is 25.5 Å². The molecule has 3 N–H and O–H groups in total. The van der Waals surface area contributed by atoms with E-state index in [0.29, 0.717) is 24.9 Å². The number of anilines is 1. The normalized spacial score (nSPS) is 30.6. The molecular weight excluding hydrogens is 410 g/mol. The van der Waals surface area contributed by atoms with Crippen molar-refractivity contribution < 1.29 is 24.2 Å². The summed E-state index contributed by atoms with van der Waals surface area (Å²) < 4.78 is 6.30. The Morgan fingerprint density at radius 2 is 1.97 bits per heavy atom. The van der Waals surface area contributed by atoms with Crippen molar-refractivity contribution >= 4 is 34.2 Å². The van der Waals surface area contributed by atoms with Crippen LogP contribution in [0.3, 0.4) is 0 Å². The van der Waals surface area contributed by atoms with Gasteiger partial charge in [-0.05, 0) is 42.2 Å². The Bertz CT molecular complexity index is 1090. The minimum Gasteiger partial charge on any atom is -0.396 e. The van der Waals surface area contributed by atoms with Crippen LogP contribution in [0.5, 0.6) is 0 Å². The third-order valence-corrected chi connectivity index (χ3v) is 7.17. The van der Waals surface area contributed by atoms with E-state index in [4.69, 9.17) is 4.74 Å². The lowest BCUT2D eigenvalue weighted by Gasteiger charge is -2.33. The zero-order valence-corrected chi connectivity index (χ0v) is 17.9. The summed E-state index contributed by atoms with van der Waals surface area (Å²) in [5.41, 5.74) is -0.381. The topological polar surface area (TPSA) is 108 Å². The zero-order valence-electron chi connectivity index (χ0n) is 17.9. The minimum absolute atomic E-state index is 0.0944. The number of benzene rings is 2. The number of nitrogens with one attached hydrogen (secondary N) is 2. The van der Waals surface area contributed by atoms with Gasteiger partial charge in [-0.3, -0.25) is 14.4 Å². The van der Waals surface area contributed by atoms with E-state index in [1.54, 1.807) is 7.05 Å². The number of carbonyl (C=O) groups excluding carboxylic acids is 3. The van der Waals surface area contributed by atoms with E-state index >= 15 is 0 Å². The van der Waals surface area contributed by atoms with Crippen LogP contribution in [-0.2, 0) is 19.1 Å². The molecule has 2 unspecified atom stereocenters. The molecule has 5 rings (SSSR count). The predicted octanol–water partition coefficient (Wildman–Crippen LogP) is 1.28. The number of aliphatic hydroxyl groups excluding tert-OH is 1. The molecule has 2 aromatic carbocycles. The molecule has 0 aliphatic carbocycles. The highest BCUT2D eigenvalue weighted by atomic mass is 16.5. The molecule has 168 valence electrons. The van der Waals surface area contributed by atoms with Crippen molar-refractivity contribution in [3.8, 4) is 0 Å². The van der Waals surface area contributed by atoms with Crippen molar-refractivity contribution in [2.45, 2.75) is 37.0 Å². The lowest BCUT2D eigenvalue weighted by Crippen LogP contribution is -2.53. The van der Waals surface area contributed by atoms with Crippen LogP contribution in [0, 0.1) is 11.8 Å². The Morgan fingerprint density at radius 1 is 1.19 bits per heavy atom. The van der Waals surface area contributed by atoms with Crippen molar-refractivity contribution in [3.63, 3.8) is 0 Å². The number of amides is 3. The zero-order chi connectivity index (χ0) is 22.5. The molecule has 8 nitrogen and oxygen atoms in total. The fraction of sp³-hybridized carbons (Fsp3) is 0.458. The number of rotatable bonds is 6. The lowest BCUT2D eigenvalue weighted by molar-refractivity contribution is -0.140. The fourth-order valence-electron chi connectivity index (χ4n) is 5.88. The number of hydrogen-bond acceptors (Lipinski definition) is 5. The van der Waals surface area contributed by atoms with E-state index in [0.717, 1.165) is 10.8 Å². The molecule has 3 heterocycles. The Balaban J connectivity index is 1.49. The second-order valence-electron chi connectivity index (χ2n) is 8.83. The molecule has 2 aromatic rings. The molecule has 0 radical (unpaired) electrons. The predicted molar refractivity (Wildman–Crippen MR) is 118 cm³/mol.